The van der Waals surface area contributed by atoms with Crippen LogP contribution in [0.3, 0.4) is 0 Å². The molecule has 0 bridgehead atoms. The Hall–Kier alpha value is -1.09. The zero-order valence-corrected chi connectivity index (χ0v) is 7.86. The fourth-order valence-corrected chi connectivity index (χ4v) is 1.12. The number of nitrogens with one attached hydrogen (secondary N) is 1. The normalized spacial score (nSPS) is 9.77. The van der Waals surface area contributed by atoms with Crippen LogP contribution in [0.2, 0.25) is 5.02 Å². The first-order chi connectivity index (χ1) is 6.15. The van der Waals surface area contributed by atoms with Crippen LogP contribution in [0.1, 0.15) is 5.56 Å². The Morgan fingerprint density at radius 3 is 2.92 bits per heavy atom. The zero-order chi connectivity index (χ0) is 9.84. The molecule has 1 N–H and O–H groups in total. The number of rotatable bonds is 2. The Morgan fingerprint density at radius 1 is 1.62 bits per heavy atom. The Morgan fingerprint density at radius 2 is 2.31 bits per heavy atom. The highest BCUT2D eigenvalue weighted by molar-refractivity contribution is 6.30. The molecule has 0 atom stereocenters. The van der Waals surface area contributed by atoms with Gasteiger partial charge in [-0.1, -0.05) is 23.7 Å². The smallest absolute Gasteiger partial charge is 0.184 e. The van der Waals surface area contributed by atoms with E-state index in [0.717, 1.165) is 0 Å². The second-order valence-electron chi connectivity index (χ2n) is 2.52. The standard InChI is InChI=1S/C9H9ClFNO/c1-13-8(12)5-6-3-2-4-7(10)9(6)11/h2-4,12H,5H2,1H3. The van der Waals surface area contributed by atoms with Crippen molar-refractivity contribution in [2.75, 3.05) is 7.11 Å². The summed E-state index contributed by atoms with van der Waals surface area (Å²) >= 11 is 5.55. The number of hydrogen-bond acceptors (Lipinski definition) is 2. The molecule has 0 unspecified atom stereocenters. The van der Waals surface area contributed by atoms with Crippen molar-refractivity contribution in [1.29, 1.82) is 5.41 Å². The molecule has 1 aromatic rings. The largest absolute Gasteiger partial charge is 0.484 e. The van der Waals surface area contributed by atoms with Crippen molar-refractivity contribution in [3.05, 3.63) is 34.6 Å². The molecule has 0 saturated carbocycles. The van der Waals surface area contributed by atoms with E-state index in [1.807, 2.05) is 0 Å². The van der Waals surface area contributed by atoms with Crippen molar-refractivity contribution in [2.24, 2.45) is 0 Å². The minimum Gasteiger partial charge on any atom is -0.484 e. The van der Waals surface area contributed by atoms with Gasteiger partial charge in [0.05, 0.1) is 18.6 Å². The molecule has 0 aliphatic heterocycles. The van der Waals surface area contributed by atoms with Crippen molar-refractivity contribution in [1.82, 2.24) is 0 Å². The monoisotopic (exact) mass is 201 g/mol. The van der Waals surface area contributed by atoms with Gasteiger partial charge in [0.1, 0.15) is 5.82 Å². The average molecular weight is 202 g/mol. The van der Waals surface area contributed by atoms with Crippen LogP contribution in [0.25, 0.3) is 0 Å². The lowest BCUT2D eigenvalue weighted by molar-refractivity contribution is 0.389. The summed E-state index contributed by atoms with van der Waals surface area (Å²) < 4.78 is 17.8. The molecule has 0 amide bonds. The minimum atomic E-state index is -0.481. The van der Waals surface area contributed by atoms with Gasteiger partial charge in [-0.15, -0.1) is 0 Å². The summed E-state index contributed by atoms with van der Waals surface area (Å²) in [4.78, 5) is 0. The highest BCUT2D eigenvalue weighted by Crippen LogP contribution is 2.18. The predicted molar refractivity (Wildman–Crippen MR) is 49.8 cm³/mol. The molecule has 4 heteroatoms. The van der Waals surface area contributed by atoms with Crippen LogP contribution in [0.5, 0.6) is 0 Å². The Kier molecular flexibility index (Phi) is 3.25. The third-order valence-corrected chi connectivity index (χ3v) is 1.92. The second-order valence-corrected chi connectivity index (χ2v) is 2.92. The molecular formula is C9H9ClFNO. The van der Waals surface area contributed by atoms with E-state index < -0.39 is 5.82 Å². The molecule has 2 nitrogen and oxygen atoms in total. The quantitative estimate of drug-likeness (QED) is 0.579. The fourth-order valence-electron chi connectivity index (χ4n) is 0.930. The van der Waals surface area contributed by atoms with Gasteiger partial charge in [-0.3, -0.25) is 5.41 Å². The fraction of sp³-hybridized carbons (Fsp3) is 0.222. The predicted octanol–water partition coefficient (Wildman–Crippen LogP) is 2.65. The molecular weight excluding hydrogens is 193 g/mol. The molecule has 0 aromatic heterocycles. The highest BCUT2D eigenvalue weighted by atomic mass is 35.5. The van der Waals surface area contributed by atoms with E-state index in [1.54, 1.807) is 12.1 Å². The molecule has 0 aliphatic carbocycles. The molecule has 0 spiro atoms. The maximum atomic E-state index is 13.2. The van der Waals surface area contributed by atoms with Gasteiger partial charge in [-0.05, 0) is 11.6 Å². The van der Waals surface area contributed by atoms with Gasteiger partial charge in [0.2, 0.25) is 0 Å². The van der Waals surface area contributed by atoms with Gasteiger partial charge >= 0.3 is 0 Å². The minimum absolute atomic E-state index is 0.0150. The lowest BCUT2D eigenvalue weighted by Gasteiger charge is -2.04. The molecule has 0 heterocycles. The number of benzene rings is 1. The van der Waals surface area contributed by atoms with Crippen molar-refractivity contribution >= 4 is 17.5 Å². The second kappa shape index (κ2) is 4.23. The summed E-state index contributed by atoms with van der Waals surface area (Å²) in [5.41, 5.74) is 0.374. The number of methoxy groups -OCH3 is 1. The SMILES string of the molecule is COC(=N)Cc1cccc(Cl)c1F. The summed E-state index contributed by atoms with van der Waals surface area (Å²) in [5, 5.41) is 7.28. The number of ether oxygens (including phenoxy) is 1. The van der Waals surface area contributed by atoms with Crippen molar-refractivity contribution in [3.63, 3.8) is 0 Å². The van der Waals surface area contributed by atoms with Crippen LogP contribution in [0.15, 0.2) is 18.2 Å². The van der Waals surface area contributed by atoms with Crippen LogP contribution in [-0.4, -0.2) is 13.0 Å². The van der Waals surface area contributed by atoms with Crippen LogP contribution < -0.4 is 0 Å². The molecule has 0 fully saturated rings. The topological polar surface area (TPSA) is 33.1 Å². The first kappa shape index (κ1) is 9.99. The van der Waals surface area contributed by atoms with E-state index in [9.17, 15) is 4.39 Å². The van der Waals surface area contributed by atoms with Crippen molar-refractivity contribution < 1.29 is 9.13 Å². The van der Waals surface area contributed by atoms with Crippen LogP contribution in [0, 0.1) is 11.2 Å². The van der Waals surface area contributed by atoms with Crippen molar-refractivity contribution in [3.8, 4) is 0 Å². The van der Waals surface area contributed by atoms with Gasteiger partial charge in [0, 0.05) is 0 Å². The van der Waals surface area contributed by atoms with Crippen LogP contribution >= 0.6 is 11.6 Å². The van der Waals surface area contributed by atoms with Gasteiger partial charge in [-0.2, -0.15) is 0 Å². The molecule has 0 aliphatic rings. The van der Waals surface area contributed by atoms with Gasteiger partial charge < -0.3 is 4.74 Å². The summed E-state index contributed by atoms with van der Waals surface area (Å²) in [6, 6.07) is 4.69. The summed E-state index contributed by atoms with van der Waals surface area (Å²) in [6.07, 6.45) is 0.128. The first-order valence-corrected chi connectivity index (χ1v) is 4.07. The zero-order valence-electron chi connectivity index (χ0n) is 7.10. The Bertz CT molecular complexity index is 327. The highest BCUT2D eigenvalue weighted by Gasteiger charge is 2.07. The number of hydrogen-bond donors (Lipinski definition) is 1. The van der Waals surface area contributed by atoms with Gasteiger partial charge in [-0.25, -0.2) is 4.39 Å². The van der Waals surface area contributed by atoms with E-state index in [0.29, 0.717) is 5.56 Å². The first-order valence-electron chi connectivity index (χ1n) is 3.69. The lowest BCUT2D eigenvalue weighted by atomic mass is 10.1. The van der Waals surface area contributed by atoms with Crippen LogP contribution in [0.4, 0.5) is 4.39 Å². The molecule has 0 saturated heterocycles. The number of halogens is 2. The van der Waals surface area contributed by atoms with E-state index in [2.05, 4.69) is 4.74 Å². The van der Waals surface area contributed by atoms with Gasteiger partial charge in [0.25, 0.3) is 0 Å². The third-order valence-electron chi connectivity index (χ3n) is 1.63. The average Bonchev–Trinajstić information content (AvgIpc) is 2.13. The van der Waals surface area contributed by atoms with E-state index in [-0.39, 0.29) is 17.3 Å². The molecule has 13 heavy (non-hydrogen) atoms. The molecule has 70 valence electrons. The van der Waals surface area contributed by atoms with E-state index >= 15 is 0 Å². The van der Waals surface area contributed by atoms with Crippen molar-refractivity contribution in [2.45, 2.75) is 6.42 Å². The molecule has 0 radical (unpaired) electrons. The van der Waals surface area contributed by atoms with E-state index in [4.69, 9.17) is 17.0 Å². The maximum absolute atomic E-state index is 13.2. The summed E-state index contributed by atoms with van der Waals surface area (Å²) in [6.45, 7) is 0. The van der Waals surface area contributed by atoms with Crippen LogP contribution in [-0.2, 0) is 11.2 Å². The van der Waals surface area contributed by atoms with E-state index in [1.165, 1.54) is 13.2 Å². The Labute approximate surface area is 80.8 Å². The van der Waals surface area contributed by atoms with Gasteiger partial charge in [0.15, 0.2) is 5.90 Å². The molecule has 1 rings (SSSR count). The molecule has 1 aromatic carbocycles. The Balaban J connectivity index is 2.89. The lowest BCUT2D eigenvalue weighted by Crippen LogP contribution is -2.05. The maximum Gasteiger partial charge on any atom is 0.184 e. The summed E-state index contributed by atoms with van der Waals surface area (Å²) in [5.74, 6) is -0.466. The third kappa shape index (κ3) is 2.42. The summed E-state index contributed by atoms with van der Waals surface area (Å²) in [7, 11) is 1.38.